The first-order valence-corrected chi connectivity index (χ1v) is 14.7. The Hall–Kier alpha value is -3.45. The minimum Gasteiger partial charge on any atom is -0.363 e. The molecule has 1 fully saturated rings. The van der Waals surface area contributed by atoms with Crippen LogP contribution in [0, 0.1) is 34.0 Å². The lowest BCUT2D eigenvalue weighted by Gasteiger charge is -2.27. The Labute approximate surface area is 226 Å². The maximum atomic E-state index is 9.40. The van der Waals surface area contributed by atoms with E-state index in [1.807, 2.05) is 46.9 Å². The Morgan fingerprint density at radius 3 is 1.81 bits per heavy atom. The summed E-state index contributed by atoms with van der Waals surface area (Å²) in [7, 11) is 0. The summed E-state index contributed by atoms with van der Waals surface area (Å²) in [6.07, 6.45) is 8.23. The van der Waals surface area contributed by atoms with Crippen LogP contribution in [0.1, 0.15) is 33.9 Å². The molecular formula is C28H20N4S4. The fourth-order valence-electron chi connectivity index (χ4n) is 4.03. The van der Waals surface area contributed by atoms with Gasteiger partial charge in [-0.05, 0) is 79.9 Å². The molecule has 1 saturated heterocycles. The second-order valence-corrected chi connectivity index (χ2v) is 12.5. The zero-order chi connectivity index (χ0) is 24.9. The highest BCUT2D eigenvalue weighted by atomic mass is 32.1. The normalized spacial score (nSPS) is 13.3. The van der Waals surface area contributed by atoms with Crippen LogP contribution in [0.5, 0.6) is 0 Å². The van der Waals surface area contributed by atoms with Crippen molar-refractivity contribution < 1.29 is 0 Å². The summed E-state index contributed by atoms with van der Waals surface area (Å²) in [5, 5.41) is 29.0. The van der Waals surface area contributed by atoms with Crippen molar-refractivity contribution in [2.75, 3.05) is 18.0 Å². The predicted molar refractivity (Wildman–Crippen MR) is 154 cm³/mol. The molecule has 36 heavy (non-hydrogen) atoms. The summed E-state index contributed by atoms with van der Waals surface area (Å²) in [5.41, 5.74) is -0.0171. The summed E-state index contributed by atoms with van der Waals surface area (Å²) in [6.45, 7) is 2.34. The molecule has 4 aromatic heterocycles. The molecule has 0 amide bonds. The molecule has 0 N–H and O–H groups in total. The molecule has 0 unspecified atom stereocenters. The molecule has 176 valence electrons. The van der Waals surface area contributed by atoms with Gasteiger partial charge in [0.2, 0.25) is 0 Å². The SMILES string of the molecule is N#CC(C#N)=C(C#N)c1ccc(-c2ccc(/C=C/c3ccc(-c4ccc(N5CCCCC5)s4)s3)s2)s1. The molecule has 0 radical (unpaired) electrons. The van der Waals surface area contributed by atoms with Crippen molar-refractivity contribution in [1.29, 1.82) is 15.8 Å². The summed E-state index contributed by atoms with van der Waals surface area (Å²) in [5.74, 6) is 0. The number of hydrogen-bond donors (Lipinski definition) is 0. The minimum absolute atomic E-state index is 0.134. The van der Waals surface area contributed by atoms with Gasteiger partial charge in [-0.25, -0.2) is 0 Å². The van der Waals surface area contributed by atoms with Crippen LogP contribution in [0.4, 0.5) is 5.00 Å². The number of piperidine rings is 1. The van der Waals surface area contributed by atoms with Crippen molar-refractivity contribution in [3.8, 4) is 37.7 Å². The minimum atomic E-state index is -0.152. The van der Waals surface area contributed by atoms with E-state index < -0.39 is 0 Å². The van der Waals surface area contributed by atoms with Crippen molar-refractivity contribution in [3.63, 3.8) is 0 Å². The highest BCUT2D eigenvalue weighted by Gasteiger charge is 2.15. The second-order valence-electron chi connectivity index (χ2n) is 8.17. The largest absolute Gasteiger partial charge is 0.363 e. The maximum Gasteiger partial charge on any atom is 0.148 e. The molecule has 1 aliphatic heterocycles. The number of nitrogens with zero attached hydrogens (tertiary/aromatic N) is 4. The Balaban J connectivity index is 1.28. The van der Waals surface area contributed by atoms with Gasteiger partial charge in [-0.3, -0.25) is 0 Å². The standard InChI is InChI=1S/C28H20N4S4/c29-16-19(17-30)22(18-31)23-10-11-26(35-23)24-8-6-20(33-24)4-5-21-7-9-25(34-21)27-12-13-28(36-27)32-14-2-1-3-15-32/h4-13H,1-3,14-15H2/b5-4+. The zero-order valence-corrected chi connectivity index (χ0v) is 22.5. The summed E-state index contributed by atoms with van der Waals surface area (Å²) >= 11 is 6.79. The highest BCUT2D eigenvalue weighted by Crippen LogP contribution is 2.39. The van der Waals surface area contributed by atoms with E-state index in [4.69, 9.17) is 10.5 Å². The van der Waals surface area contributed by atoms with Gasteiger partial charge in [0.25, 0.3) is 0 Å². The molecule has 0 saturated carbocycles. The quantitative estimate of drug-likeness (QED) is 0.229. The van der Waals surface area contributed by atoms with E-state index in [0.717, 1.165) is 14.6 Å². The number of thiophene rings is 4. The number of rotatable bonds is 6. The first kappa shape index (κ1) is 24.3. The summed E-state index contributed by atoms with van der Waals surface area (Å²) in [6, 6.07) is 22.4. The molecule has 0 aliphatic carbocycles. The fraction of sp³-hybridized carbons (Fsp3) is 0.179. The first-order valence-electron chi connectivity index (χ1n) is 11.5. The molecule has 4 aromatic rings. The Bertz CT molecular complexity index is 1550. The molecule has 0 atom stereocenters. The molecular weight excluding hydrogens is 521 g/mol. The average Bonchev–Trinajstić information content (AvgIpc) is 3.73. The van der Waals surface area contributed by atoms with Gasteiger partial charge in [0, 0.05) is 47.2 Å². The average molecular weight is 541 g/mol. The summed E-state index contributed by atoms with van der Waals surface area (Å²) in [4.78, 5) is 10.2. The Morgan fingerprint density at radius 1 is 0.639 bits per heavy atom. The van der Waals surface area contributed by atoms with E-state index in [1.54, 1.807) is 17.4 Å². The van der Waals surface area contributed by atoms with Gasteiger partial charge >= 0.3 is 0 Å². The van der Waals surface area contributed by atoms with Gasteiger partial charge < -0.3 is 4.90 Å². The summed E-state index contributed by atoms with van der Waals surface area (Å²) < 4.78 is 0. The molecule has 4 nitrogen and oxygen atoms in total. The third-order valence-corrected chi connectivity index (χ3v) is 10.6. The van der Waals surface area contributed by atoms with Gasteiger partial charge in [-0.15, -0.1) is 45.3 Å². The van der Waals surface area contributed by atoms with Crippen LogP contribution in [-0.2, 0) is 0 Å². The van der Waals surface area contributed by atoms with Crippen LogP contribution in [0.2, 0.25) is 0 Å². The fourth-order valence-corrected chi connectivity index (χ4v) is 8.10. The third kappa shape index (κ3) is 5.21. The van der Waals surface area contributed by atoms with E-state index in [0.29, 0.717) is 4.88 Å². The zero-order valence-electron chi connectivity index (χ0n) is 19.2. The lowest BCUT2D eigenvalue weighted by molar-refractivity contribution is 0.580. The molecule has 8 heteroatoms. The first-order chi connectivity index (χ1) is 17.7. The second kappa shape index (κ2) is 11.1. The number of allylic oxidation sites excluding steroid dienone is 2. The van der Waals surface area contributed by atoms with E-state index in [-0.39, 0.29) is 11.1 Å². The van der Waals surface area contributed by atoms with Crippen LogP contribution in [0.15, 0.2) is 54.1 Å². The molecule has 0 bridgehead atoms. The predicted octanol–water partition coefficient (Wildman–Crippen LogP) is 8.75. The lowest BCUT2D eigenvalue weighted by Crippen LogP contribution is -2.28. The number of anilines is 1. The molecule has 5 heterocycles. The monoisotopic (exact) mass is 540 g/mol. The van der Waals surface area contributed by atoms with Crippen LogP contribution < -0.4 is 4.90 Å². The van der Waals surface area contributed by atoms with Gasteiger partial charge in [0.1, 0.15) is 23.8 Å². The molecule has 5 rings (SSSR count). The third-order valence-electron chi connectivity index (χ3n) is 5.85. The van der Waals surface area contributed by atoms with Gasteiger partial charge in [0.05, 0.1) is 10.6 Å². The molecule has 1 aliphatic rings. The van der Waals surface area contributed by atoms with Crippen molar-refractivity contribution in [3.05, 3.63) is 68.7 Å². The Kier molecular flexibility index (Phi) is 7.47. The smallest absolute Gasteiger partial charge is 0.148 e. The van der Waals surface area contributed by atoms with E-state index >= 15 is 0 Å². The van der Waals surface area contributed by atoms with Crippen molar-refractivity contribution in [2.24, 2.45) is 0 Å². The molecule has 0 spiro atoms. The van der Waals surface area contributed by atoms with Crippen LogP contribution in [0.3, 0.4) is 0 Å². The van der Waals surface area contributed by atoms with Crippen LogP contribution >= 0.6 is 45.3 Å². The maximum absolute atomic E-state index is 9.40. The van der Waals surface area contributed by atoms with Crippen molar-refractivity contribution in [1.82, 2.24) is 0 Å². The van der Waals surface area contributed by atoms with Gasteiger partial charge in [0.15, 0.2) is 0 Å². The Morgan fingerprint density at radius 2 is 1.19 bits per heavy atom. The van der Waals surface area contributed by atoms with E-state index in [9.17, 15) is 5.26 Å². The van der Waals surface area contributed by atoms with Gasteiger partial charge in [-0.1, -0.05) is 0 Å². The molecule has 0 aromatic carbocycles. The van der Waals surface area contributed by atoms with Crippen molar-refractivity contribution >= 4 is 68.1 Å². The van der Waals surface area contributed by atoms with E-state index in [1.165, 1.54) is 63.3 Å². The van der Waals surface area contributed by atoms with Crippen LogP contribution in [0.25, 0.3) is 37.2 Å². The number of hydrogen-bond acceptors (Lipinski definition) is 8. The van der Waals surface area contributed by atoms with Crippen LogP contribution in [-0.4, -0.2) is 13.1 Å². The number of nitriles is 3. The topological polar surface area (TPSA) is 74.6 Å². The lowest BCUT2D eigenvalue weighted by atomic mass is 10.1. The highest BCUT2D eigenvalue weighted by molar-refractivity contribution is 7.24. The van der Waals surface area contributed by atoms with Gasteiger partial charge in [-0.2, -0.15) is 15.8 Å². The van der Waals surface area contributed by atoms with Crippen molar-refractivity contribution in [2.45, 2.75) is 19.3 Å². The van der Waals surface area contributed by atoms with E-state index in [2.05, 4.69) is 53.5 Å².